The maximum atomic E-state index is 13.9. The maximum Gasteiger partial charge on any atom is 0.338 e. The normalized spacial score (nSPS) is 14.9. The molecule has 1 aliphatic heterocycles. The second-order valence-corrected chi connectivity index (χ2v) is 10.7. The van der Waals surface area contributed by atoms with Gasteiger partial charge in [0.15, 0.2) is 16.3 Å². The first-order valence-electron chi connectivity index (χ1n) is 12.6. The molecule has 0 saturated carbocycles. The molecule has 0 N–H and O–H groups in total. The van der Waals surface area contributed by atoms with E-state index in [-0.39, 0.29) is 17.9 Å². The van der Waals surface area contributed by atoms with Crippen LogP contribution in [-0.4, -0.2) is 35.3 Å². The van der Waals surface area contributed by atoms with E-state index in [2.05, 4.69) is 20.9 Å². The summed E-state index contributed by atoms with van der Waals surface area (Å²) in [5, 5.41) is 11.7. The predicted molar refractivity (Wildman–Crippen MR) is 155 cm³/mol. The van der Waals surface area contributed by atoms with E-state index in [4.69, 9.17) is 14.2 Å². The molecule has 0 spiro atoms. The minimum atomic E-state index is -0.956. The number of carbonyl (C=O) groups excluding carboxylic acids is 1. The summed E-state index contributed by atoms with van der Waals surface area (Å²) >= 11 is 4.69. The molecule has 210 valence electrons. The van der Waals surface area contributed by atoms with E-state index in [0.29, 0.717) is 60.9 Å². The first-order valence-corrected chi connectivity index (χ1v) is 14.3. The van der Waals surface area contributed by atoms with Gasteiger partial charge in [0.25, 0.3) is 11.2 Å². The monoisotopic (exact) mass is 629 g/mol. The minimum absolute atomic E-state index is 0.111. The number of hydrogen-bond acceptors (Lipinski definition) is 9. The Morgan fingerprint density at radius 2 is 1.88 bits per heavy atom. The van der Waals surface area contributed by atoms with Gasteiger partial charge in [0.1, 0.15) is 0 Å². The molecule has 3 aromatic rings. The van der Waals surface area contributed by atoms with Gasteiger partial charge in [0.05, 0.1) is 51.1 Å². The molecule has 0 radical (unpaired) electrons. The Balaban J connectivity index is 1.96. The second kappa shape index (κ2) is 12.2. The van der Waals surface area contributed by atoms with Gasteiger partial charge < -0.3 is 14.2 Å². The summed E-state index contributed by atoms with van der Waals surface area (Å²) in [4.78, 5) is 43.1. The van der Waals surface area contributed by atoms with E-state index in [0.717, 1.165) is 11.3 Å². The summed E-state index contributed by atoms with van der Waals surface area (Å²) < 4.78 is 19.2. The molecule has 12 heteroatoms. The van der Waals surface area contributed by atoms with Crippen LogP contribution >= 0.6 is 27.3 Å². The number of carbonyl (C=O) groups is 1. The standard InChI is InChI=1S/C28H28BrN3O7S/c1-6-37-21-12-17(11-19(29)25(21)38-7-2)13-22-26(33)31-24(18-10-9-15(4)20(14-18)32(35)36)23(27(34)39-8-3)16(5)30-28(31)40-22/h9-14,24H,6-8H2,1-5H3/b22-13+/t24-/m1/s1. The van der Waals surface area contributed by atoms with Crippen LogP contribution in [0, 0.1) is 17.0 Å². The van der Waals surface area contributed by atoms with Gasteiger partial charge in [-0.2, -0.15) is 0 Å². The SMILES string of the molecule is CCOC(=O)C1=C(C)N=c2s/c(=C/c3cc(Br)c(OCC)c(OCC)c3)c(=O)n2[C@@H]1c1ccc(C)c([N+](=O)[O-])c1. The van der Waals surface area contributed by atoms with Gasteiger partial charge in [-0.15, -0.1) is 0 Å². The molecule has 0 bridgehead atoms. The molecule has 0 fully saturated rings. The van der Waals surface area contributed by atoms with Crippen LogP contribution in [0.25, 0.3) is 6.08 Å². The largest absolute Gasteiger partial charge is 0.490 e. The third kappa shape index (κ3) is 5.59. The molecule has 0 amide bonds. The fourth-order valence-electron chi connectivity index (χ4n) is 4.47. The van der Waals surface area contributed by atoms with Crippen molar-refractivity contribution in [2.75, 3.05) is 19.8 Å². The van der Waals surface area contributed by atoms with E-state index >= 15 is 0 Å². The van der Waals surface area contributed by atoms with Crippen molar-refractivity contribution in [2.45, 2.75) is 40.7 Å². The maximum absolute atomic E-state index is 13.9. The summed E-state index contributed by atoms with van der Waals surface area (Å²) in [7, 11) is 0. The number of nitro benzene ring substituents is 1. The number of aromatic nitrogens is 1. The Bertz CT molecular complexity index is 1710. The molecular weight excluding hydrogens is 602 g/mol. The number of halogens is 1. The molecule has 2 aromatic carbocycles. The van der Waals surface area contributed by atoms with Crippen LogP contribution < -0.4 is 24.4 Å². The highest BCUT2D eigenvalue weighted by Crippen LogP contribution is 2.37. The lowest BCUT2D eigenvalue weighted by molar-refractivity contribution is -0.385. The van der Waals surface area contributed by atoms with Gasteiger partial charge in [-0.3, -0.25) is 19.5 Å². The lowest BCUT2D eigenvalue weighted by atomic mass is 9.94. The Kier molecular flexibility index (Phi) is 8.89. The Morgan fingerprint density at radius 3 is 2.52 bits per heavy atom. The predicted octanol–water partition coefficient (Wildman–Crippen LogP) is 4.57. The molecule has 0 aliphatic carbocycles. The van der Waals surface area contributed by atoms with E-state index in [9.17, 15) is 19.7 Å². The molecule has 1 aliphatic rings. The number of rotatable bonds is 9. The van der Waals surface area contributed by atoms with Crippen molar-refractivity contribution in [1.29, 1.82) is 0 Å². The van der Waals surface area contributed by atoms with Crippen molar-refractivity contribution in [3.05, 3.63) is 92.6 Å². The molecule has 40 heavy (non-hydrogen) atoms. The summed E-state index contributed by atoms with van der Waals surface area (Å²) in [5.41, 5.74) is 1.58. The van der Waals surface area contributed by atoms with E-state index in [1.54, 1.807) is 45.0 Å². The van der Waals surface area contributed by atoms with Gasteiger partial charge >= 0.3 is 5.97 Å². The average Bonchev–Trinajstić information content (AvgIpc) is 3.19. The minimum Gasteiger partial charge on any atom is -0.490 e. The first-order chi connectivity index (χ1) is 19.1. The van der Waals surface area contributed by atoms with Gasteiger partial charge in [-0.05, 0) is 79.9 Å². The topological polar surface area (TPSA) is 122 Å². The number of ether oxygens (including phenoxy) is 3. The van der Waals surface area contributed by atoms with Gasteiger partial charge in [-0.25, -0.2) is 9.79 Å². The molecular formula is C28H28BrN3O7S. The molecule has 1 aromatic heterocycles. The van der Waals surface area contributed by atoms with Crippen molar-refractivity contribution in [2.24, 2.45) is 4.99 Å². The van der Waals surface area contributed by atoms with Crippen molar-refractivity contribution in [3.8, 4) is 11.5 Å². The number of hydrogen-bond donors (Lipinski definition) is 0. The third-order valence-corrected chi connectivity index (χ3v) is 7.75. The second-order valence-electron chi connectivity index (χ2n) is 8.80. The molecule has 0 unspecified atom stereocenters. The molecule has 2 heterocycles. The van der Waals surface area contributed by atoms with Gasteiger partial charge in [0.2, 0.25) is 0 Å². The third-order valence-electron chi connectivity index (χ3n) is 6.18. The summed E-state index contributed by atoms with van der Waals surface area (Å²) in [5.74, 6) is 0.463. The zero-order valence-corrected chi connectivity index (χ0v) is 25.1. The van der Waals surface area contributed by atoms with Crippen LogP contribution in [0.1, 0.15) is 50.4 Å². The number of aryl methyl sites for hydroxylation is 1. The summed E-state index contributed by atoms with van der Waals surface area (Å²) in [6, 6.07) is 7.33. The van der Waals surface area contributed by atoms with Crippen LogP contribution in [0.2, 0.25) is 0 Å². The van der Waals surface area contributed by atoms with Crippen LogP contribution in [0.4, 0.5) is 5.69 Å². The average molecular weight is 631 g/mol. The number of nitro groups is 1. The van der Waals surface area contributed by atoms with Crippen LogP contribution in [-0.2, 0) is 9.53 Å². The Hall–Kier alpha value is -3.77. The van der Waals surface area contributed by atoms with Crippen molar-refractivity contribution < 1.29 is 23.9 Å². The highest BCUT2D eigenvalue weighted by atomic mass is 79.9. The molecule has 1 atom stereocenters. The van der Waals surface area contributed by atoms with Crippen LogP contribution in [0.5, 0.6) is 11.5 Å². The number of nitrogens with zero attached hydrogens (tertiary/aromatic N) is 3. The number of benzene rings is 2. The quantitative estimate of drug-likeness (QED) is 0.193. The van der Waals surface area contributed by atoms with E-state index in [1.807, 2.05) is 19.9 Å². The van der Waals surface area contributed by atoms with E-state index < -0.39 is 22.5 Å². The van der Waals surface area contributed by atoms with E-state index in [1.165, 1.54) is 10.6 Å². The number of fused-ring (bicyclic) bond motifs is 1. The number of allylic oxidation sites excluding steroid dienone is 1. The lowest BCUT2D eigenvalue weighted by Crippen LogP contribution is -2.40. The van der Waals surface area contributed by atoms with Gasteiger partial charge in [-0.1, -0.05) is 23.5 Å². The van der Waals surface area contributed by atoms with Crippen molar-refractivity contribution in [1.82, 2.24) is 4.57 Å². The van der Waals surface area contributed by atoms with Crippen molar-refractivity contribution >= 4 is 45.0 Å². The highest BCUT2D eigenvalue weighted by Gasteiger charge is 2.34. The Labute approximate surface area is 242 Å². The Morgan fingerprint density at radius 1 is 1.15 bits per heavy atom. The van der Waals surface area contributed by atoms with Crippen LogP contribution in [0.3, 0.4) is 0 Å². The fourth-order valence-corrected chi connectivity index (χ4v) is 6.09. The lowest BCUT2D eigenvalue weighted by Gasteiger charge is -2.24. The summed E-state index contributed by atoms with van der Waals surface area (Å²) in [6.07, 6.45) is 1.71. The van der Waals surface area contributed by atoms with Gasteiger partial charge in [0, 0.05) is 11.6 Å². The highest BCUT2D eigenvalue weighted by molar-refractivity contribution is 9.10. The van der Waals surface area contributed by atoms with Crippen molar-refractivity contribution in [3.63, 3.8) is 0 Å². The molecule has 10 nitrogen and oxygen atoms in total. The number of thiazole rings is 1. The first kappa shape index (κ1) is 29.2. The zero-order chi connectivity index (χ0) is 29.1. The number of esters is 1. The molecule has 0 saturated heterocycles. The fraction of sp³-hybridized carbons (Fsp3) is 0.321. The smallest absolute Gasteiger partial charge is 0.338 e. The zero-order valence-electron chi connectivity index (χ0n) is 22.6. The molecule has 4 rings (SSSR count). The van der Waals surface area contributed by atoms with Crippen LogP contribution in [0.15, 0.2) is 55.9 Å². The summed E-state index contributed by atoms with van der Waals surface area (Å²) in [6.45, 7) is 9.72.